The minimum atomic E-state index is -1.01. The second-order valence-corrected chi connectivity index (χ2v) is 8.13. The van der Waals surface area contributed by atoms with Crippen LogP contribution in [0.4, 0.5) is 10.6 Å². The van der Waals surface area contributed by atoms with Gasteiger partial charge in [0.25, 0.3) is 0 Å². The monoisotopic (exact) mass is 415 g/mol. The molecule has 0 spiro atoms. The number of nitrogens with one attached hydrogen (secondary N) is 1. The number of urea groups is 1. The molecule has 10 heteroatoms. The Labute approximate surface area is 175 Å². The van der Waals surface area contributed by atoms with Gasteiger partial charge in [0.2, 0.25) is 0 Å². The molecule has 4 N–H and O–H groups in total. The molecule has 0 atom stereocenters. The van der Waals surface area contributed by atoms with E-state index in [1.54, 1.807) is 43.5 Å². The average molecular weight is 415 g/mol. The molecule has 0 aromatic carbocycles. The molecule has 3 rings (SSSR count). The number of hydrogen-bond donors (Lipinski definition) is 3. The zero-order chi connectivity index (χ0) is 21.7. The summed E-state index contributed by atoms with van der Waals surface area (Å²) in [4.78, 5) is 31.7. The number of rotatable bonds is 6. The van der Waals surface area contributed by atoms with Gasteiger partial charge in [-0.2, -0.15) is 0 Å². The van der Waals surface area contributed by atoms with Crippen molar-refractivity contribution >= 4 is 11.8 Å². The fraction of sp³-hybridized carbons (Fsp3) is 0.550. The van der Waals surface area contributed by atoms with Crippen LogP contribution in [0.5, 0.6) is 6.01 Å². The third-order valence-electron chi connectivity index (χ3n) is 4.99. The number of nitrogens with two attached hydrogens (primary N) is 1. The first-order chi connectivity index (χ1) is 14.3. The van der Waals surface area contributed by atoms with Gasteiger partial charge in [-0.1, -0.05) is 0 Å². The highest BCUT2D eigenvalue weighted by molar-refractivity contribution is 5.91. The highest BCUT2D eigenvalue weighted by Crippen LogP contribution is 2.27. The van der Waals surface area contributed by atoms with Crippen molar-refractivity contribution in [1.29, 1.82) is 0 Å². The zero-order valence-electron chi connectivity index (χ0n) is 17.6. The summed E-state index contributed by atoms with van der Waals surface area (Å²) in [5.74, 6) is 0.446. The lowest BCUT2D eigenvalue weighted by molar-refractivity contribution is 0.0821. The largest absolute Gasteiger partial charge is 0.467 e. The van der Waals surface area contributed by atoms with Gasteiger partial charge in [-0.25, -0.2) is 19.7 Å². The Hall–Kier alpha value is -2.85. The quantitative estimate of drug-likeness (QED) is 0.645. The van der Waals surface area contributed by atoms with E-state index >= 15 is 0 Å². The number of methoxy groups -OCH3 is 1. The molecule has 0 saturated heterocycles. The molecule has 2 heterocycles. The van der Waals surface area contributed by atoms with Crippen molar-refractivity contribution in [2.75, 3.05) is 18.6 Å². The summed E-state index contributed by atoms with van der Waals surface area (Å²) in [6.45, 7) is 3.41. The highest BCUT2D eigenvalue weighted by Gasteiger charge is 2.30. The summed E-state index contributed by atoms with van der Waals surface area (Å²) < 4.78 is 4.97. The lowest BCUT2D eigenvalue weighted by atomic mass is 9.91. The molecule has 1 fully saturated rings. The number of aliphatic hydroxyl groups is 1. The van der Waals surface area contributed by atoms with Gasteiger partial charge in [-0.05, 0) is 39.5 Å². The minimum absolute atomic E-state index is 0.0314. The number of hydrogen-bond acceptors (Lipinski definition) is 8. The van der Waals surface area contributed by atoms with E-state index in [-0.39, 0.29) is 30.7 Å². The third-order valence-corrected chi connectivity index (χ3v) is 4.99. The molecule has 162 valence electrons. The predicted octanol–water partition coefficient (Wildman–Crippen LogP) is 1.50. The first-order valence-corrected chi connectivity index (χ1v) is 10.0. The average Bonchev–Trinajstić information content (AvgIpc) is 2.74. The third kappa shape index (κ3) is 5.61. The fourth-order valence-electron chi connectivity index (χ4n) is 3.34. The van der Waals surface area contributed by atoms with Gasteiger partial charge in [0, 0.05) is 36.6 Å². The van der Waals surface area contributed by atoms with Crippen LogP contribution in [-0.4, -0.2) is 62.4 Å². The Bertz CT molecular complexity index is 829. The summed E-state index contributed by atoms with van der Waals surface area (Å²) in [5.41, 5.74) is 6.30. The first kappa shape index (κ1) is 21.8. The van der Waals surface area contributed by atoms with E-state index in [1.807, 2.05) is 0 Å². The van der Waals surface area contributed by atoms with Crippen molar-refractivity contribution in [1.82, 2.24) is 25.3 Å². The molecule has 2 aromatic rings. The lowest BCUT2D eigenvalue weighted by Gasteiger charge is -2.35. The van der Waals surface area contributed by atoms with Gasteiger partial charge < -0.3 is 20.9 Å². The number of carbonyl (C=O) groups is 1. The van der Waals surface area contributed by atoms with Crippen molar-refractivity contribution in [3.8, 4) is 17.3 Å². The van der Waals surface area contributed by atoms with Crippen LogP contribution in [0.1, 0.15) is 39.5 Å². The Morgan fingerprint density at radius 3 is 2.37 bits per heavy atom. The van der Waals surface area contributed by atoms with Crippen LogP contribution in [0.25, 0.3) is 11.3 Å². The summed E-state index contributed by atoms with van der Waals surface area (Å²) in [5, 5.41) is 12.8. The van der Waals surface area contributed by atoms with Gasteiger partial charge in [-0.15, -0.1) is 0 Å². The highest BCUT2D eigenvalue weighted by atomic mass is 16.5. The van der Waals surface area contributed by atoms with Crippen molar-refractivity contribution in [2.45, 2.75) is 57.2 Å². The fourth-order valence-corrected chi connectivity index (χ4v) is 3.34. The van der Waals surface area contributed by atoms with Crippen LogP contribution >= 0.6 is 0 Å². The van der Waals surface area contributed by atoms with E-state index in [9.17, 15) is 9.90 Å². The normalized spacial score (nSPS) is 19.2. The maximum absolute atomic E-state index is 13.0. The molecule has 0 bridgehead atoms. The van der Waals surface area contributed by atoms with E-state index in [0.717, 1.165) is 25.7 Å². The van der Waals surface area contributed by atoms with Crippen LogP contribution in [0.15, 0.2) is 24.8 Å². The molecule has 1 aliphatic carbocycles. The Kier molecular flexibility index (Phi) is 6.78. The molecule has 0 radical (unpaired) electrons. The topological polar surface area (TPSA) is 139 Å². The van der Waals surface area contributed by atoms with Crippen molar-refractivity contribution in [3.05, 3.63) is 24.8 Å². The summed E-state index contributed by atoms with van der Waals surface area (Å²) in [6.07, 6.45) is 9.61. The number of aromatic nitrogens is 4. The van der Waals surface area contributed by atoms with Gasteiger partial charge >= 0.3 is 12.0 Å². The SMILES string of the molecule is COc1ncc(-c2cnc(N(C(=O)NCC(C)(C)O)C3CCC(N)CC3)cn2)cn1. The Morgan fingerprint density at radius 1 is 1.17 bits per heavy atom. The minimum Gasteiger partial charge on any atom is -0.467 e. The molecule has 2 aromatic heterocycles. The summed E-state index contributed by atoms with van der Waals surface area (Å²) in [7, 11) is 1.50. The summed E-state index contributed by atoms with van der Waals surface area (Å²) in [6, 6.07) is 0.0862. The lowest BCUT2D eigenvalue weighted by Crippen LogP contribution is -2.51. The van der Waals surface area contributed by atoms with Gasteiger partial charge in [-0.3, -0.25) is 9.88 Å². The second kappa shape index (κ2) is 9.31. The number of nitrogens with zero attached hydrogens (tertiary/aromatic N) is 5. The van der Waals surface area contributed by atoms with Crippen LogP contribution < -0.4 is 20.7 Å². The number of ether oxygens (including phenoxy) is 1. The number of anilines is 1. The van der Waals surface area contributed by atoms with E-state index < -0.39 is 5.60 Å². The molecular formula is C20H29N7O3. The van der Waals surface area contributed by atoms with Crippen LogP contribution in [0.2, 0.25) is 0 Å². The smallest absolute Gasteiger partial charge is 0.323 e. The molecule has 30 heavy (non-hydrogen) atoms. The maximum atomic E-state index is 13.0. The molecule has 1 aliphatic rings. The predicted molar refractivity (Wildman–Crippen MR) is 112 cm³/mol. The van der Waals surface area contributed by atoms with Gasteiger partial charge in [0.05, 0.1) is 30.8 Å². The second-order valence-electron chi connectivity index (χ2n) is 8.13. The maximum Gasteiger partial charge on any atom is 0.323 e. The Morgan fingerprint density at radius 2 is 1.83 bits per heavy atom. The van der Waals surface area contributed by atoms with E-state index in [1.165, 1.54) is 7.11 Å². The van der Waals surface area contributed by atoms with Crippen LogP contribution in [0, 0.1) is 0 Å². The van der Waals surface area contributed by atoms with E-state index in [4.69, 9.17) is 10.5 Å². The standard InChI is InChI=1S/C20H29N7O3/c1-20(2,29)12-26-19(28)27(15-6-4-14(21)5-7-15)17-11-22-16(10-23-17)13-8-24-18(30-3)25-9-13/h8-11,14-15,29H,4-7,12,21H2,1-3H3,(H,26,28). The molecular weight excluding hydrogens is 386 g/mol. The van der Waals surface area contributed by atoms with Crippen molar-refractivity contribution in [2.24, 2.45) is 5.73 Å². The van der Waals surface area contributed by atoms with Crippen molar-refractivity contribution < 1.29 is 14.6 Å². The molecule has 0 aliphatic heterocycles. The van der Waals surface area contributed by atoms with E-state index in [0.29, 0.717) is 17.1 Å². The van der Waals surface area contributed by atoms with E-state index in [2.05, 4.69) is 25.3 Å². The Balaban J connectivity index is 1.81. The first-order valence-electron chi connectivity index (χ1n) is 10.0. The summed E-state index contributed by atoms with van der Waals surface area (Å²) >= 11 is 0. The van der Waals surface area contributed by atoms with Gasteiger partial charge in [0.15, 0.2) is 5.82 Å². The molecule has 0 unspecified atom stereocenters. The number of amides is 2. The molecule has 10 nitrogen and oxygen atoms in total. The van der Waals surface area contributed by atoms with Crippen LogP contribution in [0.3, 0.4) is 0 Å². The van der Waals surface area contributed by atoms with Gasteiger partial charge in [0.1, 0.15) is 0 Å². The van der Waals surface area contributed by atoms with Crippen molar-refractivity contribution in [3.63, 3.8) is 0 Å². The zero-order valence-corrected chi connectivity index (χ0v) is 17.6. The number of carbonyl (C=O) groups excluding carboxylic acids is 1. The molecule has 1 saturated carbocycles. The molecule has 2 amide bonds. The van der Waals surface area contributed by atoms with Crippen LogP contribution in [-0.2, 0) is 0 Å².